The average molecular weight is 371 g/mol. The number of esters is 1. The fourth-order valence-corrected chi connectivity index (χ4v) is 4.82. The predicted octanol–water partition coefficient (Wildman–Crippen LogP) is 3.58. The lowest BCUT2D eigenvalue weighted by Gasteiger charge is -2.39. The Morgan fingerprint density at radius 2 is 1.73 bits per heavy atom. The summed E-state index contributed by atoms with van der Waals surface area (Å²) in [4.78, 5) is 14.9. The van der Waals surface area contributed by atoms with Crippen molar-refractivity contribution in [2.75, 3.05) is 13.1 Å². The molecule has 0 saturated carbocycles. The monoisotopic (exact) mass is 370 g/mol. The van der Waals surface area contributed by atoms with Crippen LogP contribution in [0, 0.1) is 0 Å². The van der Waals surface area contributed by atoms with Gasteiger partial charge in [0.05, 0.1) is 19.2 Å². The number of hydrogen-bond donors (Lipinski definition) is 1. The van der Waals surface area contributed by atoms with Crippen LogP contribution in [-0.2, 0) is 15.1 Å². The van der Waals surface area contributed by atoms with Gasteiger partial charge in [0, 0.05) is 16.1 Å². The lowest BCUT2D eigenvalue weighted by Crippen LogP contribution is -3.20. The molecule has 1 heterocycles. The van der Waals surface area contributed by atoms with Crippen molar-refractivity contribution in [3.63, 3.8) is 0 Å². The Labute approximate surface area is 159 Å². The first kappa shape index (κ1) is 17.6. The number of ether oxygens (including phenoxy) is 1. The van der Waals surface area contributed by atoms with E-state index < -0.39 is 5.54 Å². The van der Waals surface area contributed by atoms with Crippen molar-refractivity contribution in [1.82, 2.24) is 0 Å². The fraction of sp³-hybridized carbons (Fsp3) is 0.409. The van der Waals surface area contributed by atoms with Crippen LogP contribution in [0.2, 0.25) is 5.02 Å². The Morgan fingerprint density at radius 1 is 1.04 bits per heavy atom. The van der Waals surface area contributed by atoms with Crippen molar-refractivity contribution in [3.8, 4) is 11.1 Å². The number of rotatable bonds is 3. The minimum atomic E-state index is -0.818. The van der Waals surface area contributed by atoms with Gasteiger partial charge in [-0.1, -0.05) is 41.9 Å². The van der Waals surface area contributed by atoms with E-state index >= 15 is 0 Å². The summed E-state index contributed by atoms with van der Waals surface area (Å²) in [6.07, 6.45) is 3.33. The summed E-state index contributed by atoms with van der Waals surface area (Å²) in [5, 5.41) is 0.662. The molecular weight excluding hydrogens is 346 g/mol. The first-order valence-electron chi connectivity index (χ1n) is 9.51. The maximum atomic E-state index is 13.6. The fourth-order valence-electron chi connectivity index (χ4n) is 4.65. The Kier molecular flexibility index (Phi) is 4.54. The Hall–Kier alpha value is -1.84. The van der Waals surface area contributed by atoms with Crippen molar-refractivity contribution in [1.29, 1.82) is 0 Å². The first-order valence-corrected chi connectivity index (χ1v) is 9.89. The van der Waals surface area contributed by atoms with Crippen LogP contribution in [0.1, 0.15) is 44.2 Å². The topological polar surface area (TPSA) is 30.7 Å². The number of piperidine rings is 1. The van der Waals surface area contributed by atoms with E-state index in [0.29, 0.717) is 5.02 Å². The van der Waals surface area contributed by atoms with Gasteiger partial charge < -0.3 is 9.64 Å². The molecule has 4 heteroatoms. The van der Waals surface area contributed by atoms with Crippen molar-refractivity contribution in [2.24, 2.45) is 0 Å². The van der Waals surface area contributed by atoms with Crippen LogP contribution in [0.5, 0.6) is 0 Å². The Morgan fingerprint density at radius 3 is 2.46 bits per heavy atom. The molecule has 2 aliphatic rings. The van der Waals surface area contributed by atoms with E-state index in [1.54, 1.807) is 0 Å². The van der Waals surface area contributed by atoms with Gasteiger partial charge in [-0.15, -0.1) is 0 Å². The summed E-state index contributed by atoms with van der Waals surface area (Å²) in [6.45, 7) is 5.76. The molecule has 0 aromatic heterocycles. The minimum Gasteiger partial charge on any atom is -0.458 e. The number of halogens is 1. The molecule has 3 nitrogen and oxygen atoms in total. The zero-order valence-corrected chi connectivity index (χ0v) is 16.1. The molecule has 1 aliphatic carbocycles. The van der Waals surface area contributed by atoms with E-state index in [-0.39, 0.29) is 12.1 Å². The minimum absolute atomic E-state index is 0.154. The molecule has 1 saturated heterocycles. The second-order valence-electron chi connectivity index (χ2n) is 7.60. The summed E-state index contributed by atoms with van der Waals surface area (Å²) in [5.41, 5.74) is 3.46. The van der Waals surface area contributed by atoms with Crippen molar-refractivity contribution < 1.29 is 14.4 Å². The first-order chi connectivity index (χ1) is 12.5. The highest BCUT2D eigenvalue weighted by atomic mass is 35.5. The number of benzene rings is 2. The smallest absolute Gasteiger partial charge is 0.378 e. The predicted molar refractivity (Wildman–Crippen MR) is 103 cm³/mol. The number of quaternary nitrogens is 1. The molecule has 4 rings (SSSR count). The lowest BCUT2D eigenvalue weighted by molar-refractivity contribution is -0.948. The molecule has 1 N–H and O–H groups in total. The van der Waals surface area contributed by atoms with Crippen molar-refractivity contribution in [3.05, 3.63) is 58.6 Å². The second kappa shape index (κ2) is 6.71. The van der Waals surface area contributed by atoms with Gasteiger partial charge in [-0.25, -0.2) is 4.79 Å². The highest BCUT2D eigenvalue weighted by Gasteiger charge is 2.58. The molecule has 0 unspecified atom stereocenters. The maximum absolute atomic E-state index is 13.6. The summed E-state index contributed by atoms with van der Waals surface area (Å²) >= 11 is 6.38. The van der Waals surface area contributed by atoms with E-state index in [4.69, 9.17) is 16.3 Å². The zero-order chi connectivity index (χ0) is 18.3. The molecular formula is C22H25ClNO2+. The van der Waals surface area contributed by atoms with Crippen molar-refractivity contribution >= 4 is 17.6 Å². The molecule has 2 aromatic rings. The third kappa shape index (κ3) is 2.57. The van der Waals surface area contributed by atoms with E-state index in [1.165, 1.54) is 11.3 Å². The molecule has 136 valence electrons. The third-order valence-electron chi connectivity index (χ3n) is 5.64. The number of likely N-dealkylation sites (tertiary alicyclic amines) is 1. The number of carbonyl (C=O) groups excluding carboxylic acids is 1. The number of hydrogen-bond acceptors (Lipinski definition) is 2. The van der Waals surface area contributed by atoms with E-state index in [9.17, 15) is 4.79 Å². The summed E-state index contributed by atoms with van der Waals surface area (Å²) in [7, 11) is 0. The van der Waals surface area contributed by atoms with Crippen LogP contribution in [0.3, 0.4) is 0 Å². The summed E-state index contributed by atoms with van der Waals surface area (Å²) in [6, 6.07) is 14.2. The van der Waals surface area contributed by atoms with Gasteiger partial charge in [-0.05, 0) is 56.4 Å². The molecule has 1 atom stereocenters. The normalized spacial score (nSPS) is 22.2. The molecule has 0 bridgehead atoms. The second-order valence-corrected chi connectivity index (χ2v) is 8.04. The van der Waals surface area contributed by atoms with Gasteiger partial charge in [-0.3, -0.25) is 0 Å². The van der Waals surface area contributed by atoms with Crippen LogP contribution in [0.15, 0.2) is 42.5 Å². The highest BCUT2D eigenvalue weighted by molar-refractivity contribution is 6.30. The van der Waals surface area contributed by atoms with Crippen LogP contribution in [0.25, 0.3) is 11.1 Å². The average Bonchev–Trinajstić information content (AvgIpc) is 2.92. The molecule has 26 heavy (non-hydrogen) atoms. The molecule has 1 aliphatic heterocycles. The highest BCUT2D eigenvalue weighted by Crippen LogP contribution is 2.47. The van der Waals surface area contributed by atoms with E-state index in [2.05, 4.69) is 12.1 Å². The van der Waals surface area contributed by atoms with Crippen molar-refractivity contribution in [2.45, 2.75) is 44.8 Å². The van der Waals surface area contributed by atoms with Gasteiger partial charge in [0.1, 0.15) is 0 Å². The van der Waals surface area contributed by atoms with E-state index in [1.807, 2.05) is 44.2 Å². The van der Waals surface area contributed by atoms with Gasteiger partial charge in [-0.2, -0.15) is 0 Å². The number of fused-ring (bicyclic) bond motifs is 3. The molecule has 0 amide bonds. The molecule has 1 fully saturated rings. The van der Waals surface area contributed by atoms with Crippen LogP contribution in [-0.4, -0.2) is 25.2 Å². The Balaban J connectivity index is 2.00. The Bertz CT molecular complexity index is 842. The third-order valence-corrected chi connectivity index (χ3v) is 5.88. The zero-order valence-electron chi connectivity index (χ0n) is 15.3. The largest absolute Gasteiger partial charge is 0.458 e. The van der Waals surface area contributed by atoms with Crippen LogP contribution < -0.4 is 4.90 Å². The maximum Gasteiger partial charge on any atom is 0.378 e. The number of nitrogens with one attached hydrogen (secondary N) is 1. The molecule has 0 radical (unpaired) electrons. The van der Waals surface area contributed by atoms with Gasteiger partial charge >= 0.3 is 5.97 Å². The van der Waals surface area contributed by atoms with Gasteiger partial charge in [0.25, 0.3) is 0 Å². The molecule has 0 spiro atoms. The van der Waals surface area contributed by atoms with Gasteiger partial charge in [0.15, 0.2) is 0 Å². The van der Waals surface area contributed by atoms with Crippen LogP contribution >= 0.6 is 11.6 Å². The standard InChI is InChI=1S/C22H24ClNO2/c1-15(2)26-21(25)22(24-12-6-3-7-13-24)19-9-5-4-8-17(19)18-11-10-16(23)14-20(18)22/h4-5,8-11,14-15H,3,6-7,12-13H2,1-2H3/p+1/t22-/m1/s1. The van der Waals surface area contributed by atoms with Crippen LogP contribution in [0.4, 0.5) is 0 Å². The van der Waals surface area contributed by atoms with E-state index in [0.717, 1.165) is 48.2 Å². The summed E-state index contributed by atoms with van der Waals surface area (Å²) in [5.74, 6) is -0.155. The van der Waals surface area contributed by atoms with Gasteiger partial charge in [0.2, 0.25) is 5.54 Å². The SMILES string of the molecule is CC(C)OC(=O)[C@@]1([NH+]2CCCCC2)c2ccccc2-c2ccc(Cl)cc21. The summed E-state index contributed by atoms with van der Waals surface area (Å²) < 4.78 is 5.84. The quantitative estimate of drug-likeness (QED) is 0.837. The number of carbonyl (C=O) groups is 1. The molecule has 2 aromatic carbocycles. The lowest BCUT2D eigenvalue weighted by atomic mass is 9.84.